The van der Waals surface area contributed by atoms with E-state index in [0.29, 0.717) is 5.69 Å². The molecule has 0 unspecified atom stereocenters. The van der Waals surface area contributed by atoms with Crippen molar-refractivity contribution in [2.45, 2.75) is 0 Å². The number of nitrogens with zero attached hydrogens (tertiary/aromatic N) is 1. The SMILES string of the molecule is CN(C)CC(=O)Nc1cccc(C(=O)O)c1. The van der Waals surface area contributed by atoms with Gasteiger partial charge in [0.05, 0.1) is 12.1 Å². The molecular formula is C11H14N2O3. The summed E-state index contributed by atoms with van der Waals surface area (Å²) in [7, 11) is 3.57. The number of carboxylic acid groups (broad SMARTS) is 1. The van der Waals surface area contributed by atoms with Crippen LogP contribution < -0.4 is 5.32 Å². The van der Waals surface area contributed by atoms with E-state index in [2.05, 4.69) is 5.32 Å². The molecule has 1 rings (SSSR count). The van der Waals surface area contributed by atoms with Gasteiger partial charge < -0.3 is 15.3 Å². The molecule has 86 valence electrons. The normalized spacial score (nSPS) is 10.2. The average molecular weight is 222 g/mol. The van der Waals surface area contributed by atoms with Gasteiger partial charge in [-0.15, -0.1) is 0 Å². The topological polar surface area (TPSA) is 69.6 Å². The van der Waals surface area contributed by atoms with Gasteiger partial charge in [0.1, 0.15) is 0 Å². The maximum Gasteiger partial charge on any atom is 0.335 e. The number of hydrogen-bond donors (Lipinski definition) is 2. The summed E-state index contributed by atoms with van der Waals surface area (Å²) >= 11 is 0. The van der Waals surface area contributed by atoms with Crippen molar-refractivity contribution in [3.05, 3.63) is 29.8 Å². The first kappa shape index (κ1) is 12.2. The third-order valence-corrected chi connectivity index (χ3v) is 1.85. The molecule has 0 aliphatic carbocycles. The summed E-state index contributed by atoms with van der Waals surface area (Å²) < 4.78 is 0. The molecule has 0 fully saturated rings. The molecule has 0 aliphatic heterocycles. The molecule has 1 amide bonds. The third kappa shape index (κ3) is 3.70. The van der Waals surface area contributed by atoms with Gasteiger partial charge in [-0.1, -0.05) is 6.07 Å². The smallest absolute Gasteiger partial charge is 0.335 e. The Bertz CT molecular complexity index is 402. The summed E-state index contributed by atoms with van der Waals surface area (Å²) in [4.78, 5) is 23.8. The van der Waals surface area contributed by atoms with Crippen molar-refractivity contribution in [1.29, 1.82) is 0 Å². The van der Waals surface area contributed by atoms with E-state index in [0.717, 1.165) is 0 Å². The molecule has 0 bridgehead atoms. The second-order valence-electron chi connectivity index (χ2n) is 3.67. The van der Waals surface area contributed by atoms with Gasteiger partial charge in [-0.3, -0.25) is 4.79 Å². The van der Waals surface area contributed by atoms with Gasteiger partial charge >= 0.3 is 5.97 Å². The molecule has 5 heteroatoms. The van der Waals surface area contributed by atoms with Crippen molar-refractivity contribution in [2.75, 3.05) is 26.0 Å². The fourth-order valence-electron chi connectivity index (χ4n) is 1.22. The predicted octanol–water partition coefficient (Wildman–Crippen LogP) is 0.885. The molecule has 0 saturated heterocycles. The number of carbonyl (C=O) groups excluding carboxylic acids is 1. The minimum atomic E-state index is -1.01. The van der Waals surface area contributed by atoms with E-state index in [-0.39, 0.29) is 18.0 Å². The van der Waals surface area contributed by atoms with E-state index in [9.17, 15) is 9.59 Å². The van der Waals surface area contributed by atoms with Crippen LogP contribution in [-0.4, -0.2) is 42.5 Å². The lowest BCUT2D eigenvalue weighted by Crippen LogP contribution is -2.27. The zero-order chi connectivity index (χ0) is 12.1. The number of carboxylic acids is 1. The van der Waals surface area contributed by atoms with E-state index >= 15 is 0 Å². The Morgan fingerprint density at radius 1 is 1.38 bits per heavy atom. The van der Waals surface area contributed by atoms with Crippen molar-refractivity contribution < 1.29 is 14.7 Å². The number of aromatic carboxylic acids is 1. The number of likely N-dealkylation sites (N-methyl/N-ethyl adjacent to an activating group) is 1. The average Bonchev–Trinajstić information content (AvgIpc) is 2.16. The highest BCUT2D eigenvalue weighted by Crippen LogP contribution is 2.10. The quantitative estimate of drug-likeness (QED) is 0.793. The molecular weight excluding hydrogens is 208 g/mol. The Hall–Kier alpha value is -1.88. The maximum atomic E-state index is 11.4. The first-order valence-corrected chi connectivity index (χ1v) is 4.77. The first-order valence-electron chi connectivity index (χ1n) is 4.77. The minimum Gasteiger partial charge on any atom is -0.478 e. The summed E-state index contributed by atoms with van der Waals surface area (Å²) in [6.07, 6.45) is 0. The summed E-state index contributed by atoms with van der Waals surface area (Å²) in [6, 6.07) is 6.15. The van der Waals surface area contributed by atoms with Crippen LogP contribution in [0.5, 0.6) is 0 Å². The third-order valence-electron chi connectivity index (χ3n) is 1.85. The van der Waals surface area contributed by atoms with Gasteiger partial charge in [0, 0.05) is 5.69 Å². The van der Waals surface area contributed by atoms with Crippen LogP contribution in [0, 0.1) is 0 Å². The number of nitrogens with one attached hydrogen (secondary N) is 1. The van der Waals surface area contributed by atoms with Crippen molar-refractivity contribution in [3.8, 4) is 0 Å². The molecule has 2 N–H and O–H groups in total. The molecule has 0 atom stereocenters. The van der Waals surface area contributed by atoms with Gasteiger partial charge in [-0.25, -0.2) is 4.79 Å². The van der Waals surface area contributed by atoms with Crippen LogP contribution in [0.15, 0.2) is 24.3 Å². The molecule has 0 aliphatic rings. The number of amides is 1. The Labute approximate surface area is 93.7 Å². The van der Waals surface area contributed by atoms with Crippen molar-refractivity contribution in [1.82, 2.24) is 4.90 Å². The molecule has 0 heterocycles. The molecule has 5 nitrogen and oxygen atoms in total. The van der Waals surface area contributed by atoms with Crippen LogP contribution in [0.25, 0.3) is 0 Å². The molecule has 1 aromatic rings. The zero-order valence-corrected chi connectivity index (χ0v) is 9.23. The fraction of sp³-hybridized carbons (Fsp3) is 0.273. The molecule has 0 spiro atoms. The Morgan fingerprint density at radius 3 is 2.62 bits per heavy atom. The van der Waals surface area contributed by atoms with E-state index in [1.807, 2.05) is 0 Å². The Kier molecular flexibility index (Phi) is 4.02. The molecule has 1 aromatic carbocycles. The van der Waals surface area contributed by atoms with Crippen LogP contribution in [0.4, 0.5) is 5.69 Å². The van der Waals surface area contributed by atoms with Gasteiger partial charge in [0.2, 0.25) is 5.91 Å². The van der Waals surface area contributed by atoms with Crippen molar-refractivity contribution in [2.24, 2.45) is 0 Å². The highest BCUT2D eigenvalue weighted by molar-refractivity contribution is 5.94. The first-order chi connectivity index (χ1) is 7.49. The van der Waals surface area contributed by atoms with Gasteiger partial charge in [-0.2, -0.15) is 0 Å². The van der Waals surface area contributed by atoms with Crippen molar-refractivity contribution in [3.63, 3.8) is 0 Å². The van der Waals surface area contributed by atoms with Crippen LogP contribution in [0.3, 0.4) is 0 Å². The summed E-state index contributed by atoms with van der Waals surface area (Å²) in [6.45, 7) is 0.261. The number of anilines is 1. The summed E-state index contributed by atoms with van der Waals surface area (Å²) in [5.41, 5.74) is 0.648. The lowest BCUT2D eigenvalue weighted by atomic mass is 10.2. The minimum absolute atomic E-state index is 0.155. The monoisotopic (exact) mass is 222 g/mol. The number of benzene rings is 1. The van der Waals surface area contributed by atoms with Crippen LogP contribution in [0.1, 0.15) is 10.4 Å². The van der Waals surface area contributed by atoms with Crippen LogP contribution >= 0.6 is 0 Å². The summed E-state index contributed by atoms with van der Waals surface area (Å²) in [5, 5.41) is 11.4. The summed E-state index contributed by atoms with van der Waals surface area (Å²) in [5.74, 6) is -1.18. The van der Waals surface area contributed by atoms with Gasteiger partial charge in [-0.05, 0) is 32.3 Å². The van der Waals surface area contributed by atoms with Crippen LogP contribution in [0.2, 0.25) is 0 Å². The number of hydrogen-bond acceptors (Lipinski definition) is 3. The second-order valence-corrected chi connectivity index (χ2v) is 3.67. The Morgan fingerprint density at radius 2 is 2.06 bits per heavy atom. The van der Waals surface area contributed by atoms with E-state index in [1.54, 1.807) is 31.1 Å². The molecule has 0 aromatic heterocycles. The Balaban J connectivity index is 2.70. The van der Waals surface area contributed by atoms with E-state index in [4.69, 9.17) is 5.11 Å². The second kappa shape index (κ2) is 5.27. The zero-order valence-electron chi connectivity index (χ0n) is 9.23. The lowest BCUT2D eigenvalue weighted by molar-refractivity contribution is -0.116. The van der Waals surface area contributed by atoms with Crippen molar-refractivity contribution >= 4 is 17.6 Å². The fourth-order valence-corrected chi connectivity index (χ4v) is 1.22. The molecule has 0 radical (unpaired) electrons. The highest BCUT2D eigenvalue weighted by Gasteiger charge is 2.06. The van der Waals surface area contributed by atoms with Crippen LogP contribution in [-0.2, 0) is 4.79 Å². The number of rotatable bonds is 4. The largest absolute Gasteiger partial charge is 0.478 e. The molecule has 0 saturated carbocycles. The van der Waals surface area contributed by atoms with E-state index < -0.39 is 5.97 Å². The predicted molar refractivity (Wildman–Crippen MR) is 60.6 cm³/mol. The number of carbonyl (C=O) groups is 2. The van der Waals surface area contributed by atoms with E-state index in [1.165, 1.54) is 12.1 Å². The van der Waals surface area contributed by atoms with Gasteiger partial charge in [0.25, 0.3) is 0 Å². The molecule has 16 heavy (non-hydrogen) atoms. The lowest BCUT2D eigenvalue weighted by Gasteiger charge is -2.10. The highest BCUT2D eigenvalue weighted by atomic mass is 16.4. The van der Waals surface area contributed by atoms with Gasteiger partial charge in [0.15, 0.2) is 0 Å². The standard InChI is InChI=1S/C11H14N2O3/c1-13(2)7-10(14)12-9-5-3-4-8(6-9)11(15)16/h3-6H,7H2,1-2H3,(H,12,14)(H,15,16). The maximum absolute atomic E-state index is 11.4.